The third-order valence-corrected chi connectivity index (χ3v) is 2.96. The quantitative estimate of drug-likeness (QED) is 0.800. The highest BCUT2D eigenvalue weighted by Crippen LogP contribution is 2.13. The van der Waals surface area contributed by atoms with Crippen molar-refractivity contribution in [2.24, 2.45) is 0 Å². The number of methoxy groups -OCH3 is 1. The second kappa shape index (κ2) is 11.2. The van der Waals surface area contributed by atoms with Gasteiger partial charge in [-0.25, -0.2) is 0 Å². The van der Waals surface area contributed by atoms with Crippen LogP contribution in [0.5, 0.6) is 0 Å². The van der Waals surface area contributed by atoms with E-state index in [1.807, 2.05) is 60.7 Å². The van der Waals surface area contributed by atoms with E-state index >= 15 is 0 Å². The minimum absolute atomic E-state index is 0.198. The Balaban J connectivity index is 0.000000235. The molecule has 0 aromatic heterocycles. The first kappa shape index (κ1) is 17.6. The van der Waals surface area contributed by atoms with Crippen molar-refractivity contribution in [2.45, 2.75) is 19.1 Å². The molecule has 0 bridgehead atoms. The maximum absolute atomic E-state index is 10.3. The number of ether oxygens (including phenoxy) is 1. The zero-order valence-corrected chi connectivity index (χ0v) is 12.6. The van der Waals surface area contributed by atoms with Crippen LogP contribution in [0, 0.1) is 0 Å². The summed E-state index contributed by atoms with van der Waals surface area (Å²) in [7, 11) is 1.70. The molecule has 0 saturated heterocycles. The second-order valence-electron chi connectivity index (χ2n) is 4.57. The summed E-state index contributed by atoms with van der Waals surface area (Å²) in [6.45, 7) is 0.709. The van der Waals surface area contributed by atoms with Gasteiger partial charge in [-0.3, -0.25) is 4.79 Å². The van der Waals surface area contributed by atoms with E-state index in [9.17, 15) is 9.59 Å². The van der Waals surface area contributed by atoms with E-state index in [-0.39, 0.29) is 6.04 Å². The van der Waals surface area contributed by atoms with Crippen LogP contribution >= 0.6 is 0 Å². The van der Waals surface area contributed by atoms with E-state index in [1.165, 1.54) is 5.56 Å². The molecule has 1 N–H and O–H groups in total. The van der Waals surface area contributed by atoms with Crippen LogP contribution in [0.1, 0.15) is 23.6 Å². The molecule has 0 aliphatic carbocycles. The van der Waals surface area contributed by atoms with Crippen molar-refractivity contribution < 1.29 is 14.3 Å². The Morgan fingerprint density at radius 2 is 1.59 bits per heavy atom. The fraction of sp³-hybridized carbons (Fsp3) is 0.222. The smallest absolute Gasteiger partial charge is 0.207 e. The van der Waals surface area contributed by atoms with Crippen molar-refractivity contribution in [2.75, 3.05) is 7.11 Å². The molecule has 1 atom stereocenters. The third-order valence-electron chi connectivity index (χ3n) is 2.96. The lowest BCUT2D eigenvalue weighted by Crippen LogP contribution is -2.19. The van der Waals surface area contributed by atoms with Gasteiger partial charge in [-0.15, -0.1) is 0 Å². The third kappa shape index (κ3) is 6.81. The molecule has 0 heterocycles. The van der Waals surface area contributed by atoms with Crippen LogP contribution in [-0.4, -0.2) is 19.8 Å². The summed E-state index contributed by atoms with van der Waals surface area (Å²) in [5, 5.41) is 2.59. The summed E-state index contributed by atoms with van der Waals surface area (Å²) >= 11 is 0. The van der Waals surface area contributed by atoms with Gasteiger partial charge in [0.25, 0.3) is 0 Å². The van der Waals surface area contributed by atoms with Gasteiger partial charge < -0.3 is 14.8 Å². The van der Waals surface area contributed by atoms with Crippen molar-refractivity contribution in [3.8, 4) is 0 Å². The fourth-order valence-corrected chi connectivity index (χ4v) is 1.90. The van der Waals surface area contributed by atoms with E-state index in [4.69, 9.17) is 4.74 Å². The van der Waals surface area contributed by atoms with E-state index in [2.05, 4.69) is 5.32 Å². The van der Waals surface area contributed by atoms with Crippen molar-refractivity contribution in [1.29, 1.82) is 0 Å². The Bertz CT molecular complexity index is 519. The van der Waals surface area contributed by atoms with Crippen LogP contribution in [0.4, 0.5) is 0 Å². The van der Waals surface area contributed by atoms with Gasteiger partial charge in [0.1, 0.15) is 6.29 Å². The zero-order valence-electron chi connectivity index (χ0n) is 12.6. The first-order valence-corrected chi connectivity index (χ1v) is 7.03. The standard InChI is InChI=1S/C10H11NO2.C8H10O/c12-7-6-10(11-8-13)9-4-2-1-3-5-9;1-9-7-8-5-3-2-4-6-8/h1-5,7-8,10H,6H2,(H,11,13);2-6H,7H2,1H3. The molecule has 2 aromatic rings. The summed E-state index contributed by atoms with van der Waals surface area (Å²) in [4.78, 5) is 20.5. The average molecular weight is 299 g/mol. The van der Waals surface area contributed by atoms with Crippen molar-refractivity contribution >= 4 is 12.7 Å². The number of aldehydes is 1. The molecule has 0 aliphatic heterocycles. The molecule has 22 heavy (non-hydrogen) atoms. The highest BCUT2D eigenvalue weighted by Gasteiger charge is 2.07. The lowest BCUT2D eigenvalue weighted by molar-refractivity contribution is -0.111. The number of rotatable bonds is 7. The van der Waals surface area contributed by atoms with Gasteiger partial charge in [-0.1, -0.05) is 60.7 Å². The van der Waals surface area contributed by atoms with E-state index in [1.54, 1.807) is 7.11 Å². The maximum Gasteiger partial charge on any atom is 0.207 e. The topological polar surface area (TPSA) is 55.4 Å². The summed E-state index contributed by atoms with van der Waals surface area (Å²) in [6.07, 6.45) is 1.72. The fourth-order valence-electron chi connectivity index (χ4n) is 1.90. The van der Waals surface area contributed by atoms with Gasteiger partial charge in [-0.05, 0) is 11.1 Å². The molecule has 0 fully saturated rings. The monoisotopic (exact) mass is 299 g/mol. The minimum Gasteiger partial charge on any atom is -0.380 e. The molecule has 0 spiro atoms. The van der Waals surface area contributed by atoms with Crippen LogP contribution in [0.25, 0.3) is 0 Å². The number of hydrogen-bond donors (Lipinski definition) is 1. The summed E-state index contributed by atoms with van der Waals surface area (Å²) < 4.78 is 4.93. The second-order valence-corrected chi connectivity index (χ2v) is 4.57. The number of carbonyl (C=O) groups is 2. The molecule has 0 aliphatic rings. The normalized spacial score (nSPS) is 10.8. The molecule has 2 rings (SSSR count). The molecule has 1 unspecified atom stereocenters. The molecular formula is C18H21NO3. The minimum atomic E-state index is -0.198. The van der Waals surface area contributed by atoms with E-state index < -0.39 is 0 Å². The first-order valence-electron chi connectivity index (χ1n) is 7.03. The summed E-state index contributed by atoms with van der Waals surface area (Å²) in [5.74, 6) is 0. The molecule has 4 heteroatoms. The predicted octanol–water partition coefficient (Wildman–Crippen LogP) is 2.90. The Kier molecular flexibility index (Phi) is 8.98. The van der Waals surface area contributed by atoms with Gasteiger partial charge in [0.2, 0.25) is 6.41 Å². The number of benzene rings is 2. The number of hydrogen-bond acceptors (Lipinski definition) is 3. The SMILES string of the molecule is COCc1ccccc1.O=CCC(NC=O)c1ccccc1. The van der Waals surface area contributed by atoms with Crippen molar-refractivity contribution in [1.82, 2.24) is 5.32 Å². The zero-order chi connectivity index (χ0) is 16.0. The van der Waals surface area contributed by atoms with E-state index in [0.29, 0.717) is 19.4 Å². The van der Waals surface area contributed by atoms with Gasteiger partial charge in [0.15, 0.2) is 0 Å². The van der Waals surface area contributed by atoms with Crippen LogP contribution in [0.2, 0.25) is 0 Å². The molecule has 1 amide bonds. The largest absolute Gasteiger partial charge is 0.380 e. The number of carbonyl (C=O) groups excluding carboxylic acids is 2. The molecule has 116 valence electrons. The van der Waals surface area contributed by atoms with Gasteiger partial charge in [0.05, 0.1) is 12.6 Å². The Hall–Kier alpha value is -2.46. The van der Waals surface area contributed by atoms with Gasteiger partial charge >= 0.3 is 0 Å². The summed E-state index contributed by atoms with van der Waals surface area (Å²) in [6, 6.07) is 19.3. The molecule has 0 saturated carbocycles. The lowest BCUT2D eigenvalue weighted by Gasteiger charge is -2.12. The number of nitrogens with one attached hydrogen (secondary N) is 1. The van der Waals surface area contributed by atoms with Crippen LogP contribution < -0.4 is 5.32 Å². The number of amides is 1. The predicted molar refractivity (Wildman–Crippen MR) is 86.2 cm³/mol. The molecule has 2 aromatic carbocycles. The highest BCUT2D eigenvalue weighted by atomic mass is 16.5. The summed E-state index contributed by atoms with van der Waals surface area (Å²) in [5.41, 5.74) is 2.17. The maximum atomic E-state index is 10.3. The molecular weight excluding hydrogens is 278 g/mol. The van der Waals surface area contributed by atoms with Crippen molar-refractivity contribution in [3.05, 3.63) is 71.8 Å². The Morgan fingerprint density at radius 3 is 2.09 bits per heavy atom. The van der Waals surface area contributed by atoms with Gasteiger partial charge in [-0.2, -0.15) is 0 Å². The first-order chi connectivity index (χ1) is 10.8. The van der Waals surface area contributed by atoms with Crippen molar-refractivity contribution in [3.63, 3.8) is 0 Å². The Morgan fingerprint density at radius 1 is 1.00 bits per heavy atom. The average Bonchev–Trinajstić information content (AvgIpc) is 2.57. The van der Waals surface area contributed by atoms with E-state index in [0.717, 1.165) is 11.8 Å². The van der Waals surface area contributed by atoms with Crippen LogP contribution in [0.3, 0.4) is 0 Å². The Labute approximate surface area is 131 Å². The van der Waals surface area contributed by atoms with Crippen LogP contribution in [-0.2, 0) is 20.9 Å². The van der Waals surface area contributed by atoms with Gasteiger partial charge in [0, 0.05) is 13.5 Å². The van der Waals surface area contributed by atoms with Crippen LogP contribution in [0.15, 0.2) is 60.7 Å². The molecule has 4 nitrogen and oxygen atoms in total. The lowest BCUT2D eigenvalue weighted by atomic mass is 10.1. The molecule has 0 radical (unpaired) electrons. The highest BCUT2D eigenvalue weighted by molar-refractivity contribution is 5.55.